The molecular formula is C10H16O3. The summed E-state index contributed by atoms with van der Waals surface area (Å²) in [5.41, 5.74) is 0. The van der Waals surface area contributed by atoms with E-state index >= 15 is 0 Å². The summed E-state index contributed by atoms with van der Waals surface area (Å²) in [5.74, 6) is -0.335. The van der Waals surface area contributed by atoms with Gasteiger partial charge in [0, 0.05) is 0 Å². The van der Waals surface area contributed by atoms with E-state index in [2.05, 4.69) is 0 Å². The van der Waals surface area contributed by atoms with Gasteiger partial charge in [0.1, 0.15) is 11.7 Å². The number of esters is 1. The Hall–Kier alpha value is -0.860. The highest BCUT2D eigenvalue weighted by atomic mass is 16.5. The third kappa shape index (κ3) is 3.17. The lowest BCUT2D eigenvalue weighted by atomic mass is 9.98. The molecule has 13 heavy (non-hydrogen) atoms. The fourth-order valence-corrected chi connectivity index (χ4v) is 1.36. The third-order valence-corrected chi connectivity index (χ3v) is 2.33. The van der Waals surface area contributed by atoms with Crippen LogP contribution in [0.4, 0.5) is 0 Å². The van der Waals surface area contributed by atoms with Gasteiger partial charge < -0.3 is 4.74 Å². The molecule has 0 saturated heterocycles. The minimum atomic E-state index is -0.507. The molecule has 1 fully saturated rings. The van der Waals surface area contributed by atoms with Crippen molar-refractivity contribution < 1.29 is 14.3 Å². The van der Waals surface area contributed by atoms with Crippen molar-refractivity contribution in [3.05, 3.63) is 0 Å². The van der Waals surface area contributed by atoms with Crippen molar-refractivity contribution in [2.45, 2.75) is 33.1 Å². The van der Waals surface area contributed by atoms with Crippen LogP contribution >= 0.6 is 0 Å². The van der Waals surface area contributed by atoms with Crippen molar-refractivity contribution in [2.75, 3.05) is 6.61 Å². The average molecular weight is 184 g/mol. The number of ketones is 1. The number of hydrogen-bond acceptors (Lipinski definition) is 3. The topological polar surface area (TPSA) is 43.4 Å². The molecule has 0 N–H and O–H groups in total. The Morgan fingerprint density at radius 3 is 2.46 bits per heavy atom. The summed E-state index contributed by atoms with van der Waals surface area (Å²) in [6.45, 7) is 3.57. The van der Waals surface area contributed by atoms with E-state index in [4.69, 9.17) is 4.74 Å². The van der Waals surface area contributed by atoms with Crippen LogP contribution in [0.5, 0.6) is 0 Å². The molecule has 3 heteroatoms. The molecule has 1 atom stereocenters. The van der Waals surface area contributed by atoms with Crippen LogP contribution in [0.15, 0.2) is 0 Å². The molecule has 74 valence electrons. The van der Waals surface area contributed by atoms with Crippen molar-refractivity contribution in [1.29, 1.82) is 0 Å². The predicted octanol–water partition coefficient (Wildman–Crippen LogP) is 1.55. The molecule has 0 heterocycles. The van der Waals surface area contributed by atoms with Gasteiger partial charge in [-0.05, 0) is 26.2 Å². The summed E-state index contributed by atoms with van der Waals surface area (Å²) in [6.07, 6.45) is 3.00. The Morgan fingerprint density at radius 2 is 2.08 bits per heavy atom. The van der Waals surface area contributed by atoms with Crippen LogP contribution in [0.3, 0.4) is 0 Å². The molecule has 3 nitrogen and oxygen atoms in total. The van der Waals surface area contributed by atoms with Crippen molar-refractivity contribution in [2.24, 2.45) is 11.8 Å². The molecule has 0 amide bonds. The van der Waals surface area contributed by atoms with Crippen LogP contribution < -0.4 is 0 Å². The SMILES string of the molecule is CCOC(=O)[C@H](CC1CC1)C(C)=O. The second kappa shape index (κ2) is 4.40. The van der Waals surface area contributed by atoms with Crippen LogP contribution in [0.1, 0.15) is 33.1 Å². The van der Waals surface area contributed by atoms with Gasteiger partial charge >= 0.3 is 5.97 Å². The molecule has 1 aliphatic rings. The molecule has 1 saturated carbocycles. The minimum absolute atomic E-state index is 0.0645. The maximum atomic E-state index is 11.3. The zero-order chi connectivity index (χ0) is 9.84. The molecule has 0 radical (unpaired) electrons. The van der Waals surface area contributed by atoms with Gasteiger partial charge in [-0.2, -0.15) is 0 Å². The maximum Gasteiger partial charge on any atom is 0.316 e. The first kappa shape index (κ1) is 10.2. The second-order valence-corrected chi connectivity index (χ2v) is 3.59. The predicted molar refractivity (Wildman–Crippen MR) is 48.1 cm³/mol. The van der Waals surface area contributed by atoms with Crippen molar-refractivity contribution in [1.82, 2.24) is 0 Å². The van der Waals surface area contributed by atoms with Crippen LogP contribution in [-0.4, -0.2) is 18.4 Å². The highest BCUT2D eigenvalue weighted by Gasteiger charge is 2.32. The van der Waals surface area contributed by atoms with Gasteiger partial charge in [0.25, 0.3) is 0 Å². The molecule has 0 bridgehead atoms. The first-order chi connectivity index (χ1) is 6.15. The molecule has 1 aliphatic carbocycles. The third-order valence-electron chi connectivity index (χ3n) is 2.33. The molecule has 0 aliphatic heterocycles. The summed E-state index contributed by atoms with van der Waals surface area (Å²) >= 11 is 0. The summed E-state index contributed by atoms with van der Waals surface area (Å²) in [5, 5.41) is 0. The zero-order valence-electron chi connectivity index (χ0n) is 8.21. The van der Waals surface area contributed by atoms with Gasteiger partial charge in [-0.3, -0.25) is 9.59 Å². The number of hydrogen-bond donors (Lipinski definition) is 0. The van der Waals surface area contributed by atoms with Crippen molar-refractivity contribution >= 4 is 11.8 Å². The Balaban J connectivity index is 2.44. The first-order valence-corrected chi connectivity index (χ1v) is 4.82. The number of rotatable bonds is 5. The summed E-state index contributed by atoms with van der Waals surface area (Å²) in [7, 11) is 0. The van der Waals surface area contributed by atoms with Crippen LogP contribution in [0.2, 0.25) is 0 Å². The maximum absolute atomic E-state index is 11.3. The Labute approximate surface area is 78.5 Å². The van der Waals surface area contributed by atoms with E-state index in [1.54, 1.807) is 6.92 Å². The fraction of sp³-hybridized carbons (Fsp3) is 0.800. The van der Waals surface area contributed by atoms with Crippen LogP contribution in [0, 0.1) is 11.8 Å². The zero-order valence-corrected chi connectivity index (χ0v) is 8.21. The highest BCUT2D eigenvalue weighted by Crippen LogP contribution is 2.35. The van der Waals surface area contributed by atoms with Gasteiger partial charge in [0.2, 0.25) is 0 Å². The van der Waals surface area contributed by atoms with Crippen LogP contribution in [-0.2, 0) is 14.3 Å². The Morgan fingerprint density at radius 1 is 1.46 bits per heavy atom. The largest absolute Gasteiger partial charge is 0.465 e. The molecule has 0 aromatic rings. The quantitative estimate of drug-likeness (QED) is 0.481. The first-order valence-electron chi connectivity index (χ1n) is 4.82. The van der Waals surface area contributed by atoms with E-state index in [1.807, 2.05) is 0 Å². The van der Waals surface area contributed by atoms with Crippen LogP contribution in [0.25, 0.3) is 0 Å². The standard InChI is InChI=1S/C10H16O3/c1-3-13-10(12)9(7(2)11)6-8-4-5-8/h8-9H,3-6H2,1-2H3/t9-/m1/s1. The normalized spacial score (nSPS) is 18.0. The molecule has 0 aromatic heterocycles. The summed E-state index contributed by atoms with van der Waals surface area (Å²) in [6, 6.07) is 0. The van der Waals surface area contributed by atoms with E-state index in [0.29, 0.717) is 18.9 Å². The van der Waals surface area contributed by atoms with Crippen molar-refractivity contribution in [3.63, 3.8) is 0 Å². The van der Waals surface area contributed by atoms with E-state index in [1.165, 1.54) is 6.92 Å². The fourth-order valence-electron chi connectivity index (χ4n) is 1.36. The number of ether oxygens (including phenoxy) is 1. The monoisotopic (exact) mass is 184 g/mol. The molecule has 0 aromatic carbocycles. The molecular weight excluding hydrogens is 168 g/mol. The minimum Gasteiger partial charge on any atom is -0.465 e. The summed E-state index contributed by atoms with van der Waals surface area (Å²) in [4.78, 5) is 22.4. The number of Topliss-reactive ketones (excluding diaryl/α,β-unsaturated/α-hetero) is 1. The average Bonchev–Trinajstić information content (AvgIpc) is 2.83. The van der Waals surface area contributed by atoms with E-state index in [9.17, 15) is 9.59 Å². The summed E-state index contributed by atoms with van der Waals surface area (Å²) < 4.78 is 4.83. The molecule has 1 rings (SSSR count). The lowest BCUT2D eigenvalue weighted by Crippen LogP contribution is -2.24. The Bertz CT molecular complexity index is 206. The van der Waals surface area contributed by atoms with E-state index in [-0.39, 0.29) is 11.8 Å². The second-order valence-electron chi connectivity index (χ2n) is 3.59. The van der Waals surface area contributed by atoms with Gasteiger partial charge in [-0.25, -0.2) is 0 Å². The van der Waals surface area contributed by atoms with E-state index < -0.39 is 5.92 Å². The van der Waals surface area contributed by atoms with Gasteiger partial charge in [-0.15, -0.1) is 0 Å². The molecule has 0 spiro atoms. The lowest BCUT2D eigenvalue weighted by Gasteiger charge is -2.11. The van der Waals surface area contributed by atoms with Gasteiger partial charge in [0.15, 0.2) is 0 Å². The van der Waals surface area contributed by atoms with Gasteiger partial charge in [-0.1, -0.05) is 12.8 Å². The smallest absolute Gasteiger partial charge is 0.316 e. The van der Waals surface area contributed by atoms with E-state index in [0.717, 1.165) is 12.8 Å². The number of carbonyl (C=O) groups is 2. The lowest BCUT2D eigenvalue weighted by molar-refractivity contribution is -0.151. The molecule has 0 unspecified atom stereocenters. The number of carbonyl (C=O) groups excluding carboxylic acids is 2. The van der Waals surface area contributed by atoms with Gasteiger partial charge in [0.05, 0.1) is 6.61 Å². The Kier molecular flexibility index (Phi) is 3.46. The van der Waals surface area contributed by atoms with Crippen molar-refractivity contribution in [3.8, 4) is 0 Å². The highest BCUT2D eigenvalue weighted by molar-refractivity contribution is 5.97.